The lowest BCUT2D eigenvalue weighted by molar-refractivity contribution is -0.138. The minimum absolute atomic E-state index is 0.105. The first-order valence-electron chi connectivity index (χ1n) is 8.66. The number of piperazine rings is 1. The molecule has 0 bridgehead atoms. The number of hydrogen-bond donors (Lipinski definition) is 0. The predicted octanol–water partition coefficient (Wildman–Crippen LogP) is 1.16. The van der Waals surface area contributed by atoms with Gasteiger partial charge in [0.05, 0.1) is 13.2 Å². The molecule has 2 aliphatic heterocycles. The lowest BCUT2D eigenvalue weighted by atomic mass is 9.88. The Bertz CT molecular complexity index is 357. The highest BCUT2D eigenvalue weighted by Gasteiger charge is 2.31. The van der Waals surface area contributed by atoms with Crippen LogP contribution in [0.2, 0.25) is 0 Å². The molecule has 6 heteroatoms. The maximum absolute atomic E-state index is 12.5. The van der Waals surface area contributed by atoms with Crippen LogP contribution in [0.15, 0.2) is 0 Å². The second kappa shape index (κ2) is 7.31. The SMILES string of the molecule is O=C(C1CCCCC1)N1CCN(C(=O)N2CCOCC2)CC1. The fourth-order valence-corrected chi connectivity index (χ4v) is 3.68. The van der Waals surface area contributed by atoms with E-state index in [0.29, 0.717) is 58.4 Å². The highest BCUT2D eigenvalue weighted by Crippen LogP contribution is 2.25. The molecule has 1 saturated carbocycles. The van der Waals surface area contributed by atoms with E-state index in [-0.39, 0.29) is 11.9 Å². The fourth-order valence-electron chi connectivity index (χ4n) is 3.68. The van der Waals surface area contributed by atoms with E-state index in [9.17, 15) is 9.59 Å². The van der Waals surface area contributed by atoms with Crippen LogP contribution in [-0.4, -0.2) is 79.1 Å². The third kappa shape index (κ3) is 3.54. The number of urea groups is 1. The van der Waals surface area contributed by atoms with Gasteiger partial charge < -0.3 is 19.4 Å². The van der Waals surface area contributed by atoms with Crippen LogP contribution in [0.1, 0.15) is 32.1 Å². The largest absolute Gasteiger partial charge is 0.378 e. The highest BCUT2D eigenvalue weighted by atomic mass is 16.5. The monoisotopic (exact) mass is 309 g/mol. The summed E-state index contributed by atoms with van der Waals surface area (Å²) in [6.07, 6.45) is 5.74. The van der Waals surface area contributed by atoms with Gasteiger partial charge in [-0.3, -0.25) is 4.79 Å². The van der Waals surface area contributed by atoms with Gasteiger partial charge in [0.15, 0.2) is 0 Å². The van der Waals surface area contributed by atoms with Crippen molar-refractivity contribution in [3.05, 3.63) is 0 Å². The van der Waals surface area contributed by atoms with Crippen molar-refractivity contribution in [3.63, 3.8) is 0 Å². The summed E-state index contributed by atoms with van der Waals surface area (Å²) < 4.78 is 5.29. The van der Waals surface area contributed by atoms with Crippen molar-refractivity contribution in [3.8, 4) is 0 Å². The number of carbonyl (C=O) groups excluding carboxylic acids is 2. The van der Waals surface area contributed by atoms with Gasteiger partial charge in [-0.25, -0.2) is 4.79 Å². The Balaban J connectivity index is 1.47. The molecule has 0 aromatic rings. The zero-order chi connectivity index (χ0) is 15.4. The molecular formula is C16H27N3O3. The van der Waals surface area contributed by atoms with E-state index in [1.807, 2.05) is 14.7 Å². The van der Waals surface area contributed by atoms with Crippen molar-refractivity contribution in [1.29, 1.82) is 0 Å². The molecule has 0 radical (unpaired) electrons. The topological polar surface area (TPSA) is 53.1 Å². The number of nitrogens with zero attached hydrogens (tertiary/aromatic N) is 3. The molecule has 124 valence electrons. The zero-order valence-corrected chi connectivity index (χ0v) is 13.3. The van der Waals surface area contributed by atoms with Crippen LogP contribution in [0.4, 0.5) is 4.79 Å². The Kier molecular flexibility index (Phi) is 5.18. The highest BCUT2D eigenvalue weighted by molar-refractivity contribution is 5.80. The summed E-state index contributed by atoms with van der Waals surface area (Å²) in [7, 11) is 0. The van der Waals surface area contributed by atoms with E-state index in [0.717, 1.165) is 12.8 Å². The number of hydrogen-bond acceptors (Lipinski definition) is 3. The van der Waals surface area contributed by atoms with Crippen LogP contribution < -0.4 is 0 Å². The van der Waals surface area contributed by atoms with E-state index in [2.05, 4.69) is 0 Å². The number of carbonyl (C=O) groups is 2. The van der Waals surface area contributed by atoms with Crippen molar-refractivity contribution in [1.82, 2.24) is 14.7 Å². The Morgan fingerprint density at radius 3 is 1.91 bits per heavy atom. The second-order valence-electron chi connectivity index (χ2n) is 6.53. The first-order valence-corrected chi connectivity index (χ1v) is 8.66. The third-order valence-electron chi connectivity index (χ3n) is 5.10. The summed E-state index contributed by atoms with van der Waals surface area (Å²) in [5.41, 5.74) is 0. The molecule has 1 aliphatic carbocycles. The van der Waals surface area contributed by atoms with Crippen molar-refractivity contribution >= 4 is 11.9 Å². The van der Waals surface area contributed by atoms with Gasteiger partial charge in [0, 0.05) is 45.2 Å². The summed E-state index contributed by atoms with van der Waals surface area (Å²) in [5.74, 6) is 0.549. The van der Waals surface area contributed by atoms with Crippen LogP contribution in [-0.2, 0) is 9.53 Å². The van der Waals surface area contributed by atoms with E-state index < -0.39 is 0 Å². The summed E-state index contributed by atoms with van der Waals surface area (Å²) in [6, 6.07) is 0.105. The molecule has 0 unspecified atom stereocenters. The minimum Gasteiger partial charge on any atom is -0.378 e. The van der Waals surface area contributed by atoms with Crippen molar-refractivity contribution in [2.24, 2.45) is 5.92 Å². The van der Waals surface area contributed by atoms with Gasteiger partial charge in [-0.15, -0.1) is 0 Å². The standard InChI is InChI=1S/C16H27N3O3/c20-15(14-4-2-1-3-5-14)17-6-8-18(9-7-17)16(21)19-10-12-22-13-11-19/h14H,1-13H2. The summed E-state index contributed by atoms with van der Waals surface area (Å²) in [6.45, 7) is 5.32. The molecule has 0 atom stereocenters. The molecule has 0 N–H and O–H groups in total. The Hall–Kier alpha value is -1.30. The van der Waals surface area contributed by atoms with E-state index in [1.165, 1.54) is 19.3 Å². The smallest absolute Gasteiger partial charge is 0.320 e. The van der Waals surface area contributed by atoms with E-state index in [1.54, 1.807) is 0 Å². The molecule has 3 rings (SSSR count). The molecule has 6 nitrogen and oxygen atoms in total. The Labute approximate surface area is 132 Å². The molecule has 0 spiro atoms. The summed E-state index contributed by atoms with van der Waals surface area (Å²) >= 11 is 0. The maximum Gasteiger partial charge on any atom is 0.320 e. The van der Waals surface area contributed by atoms with Crippen LogP contribution in [0.25, 0.3) is 0 Å². The van der Waals surface area contributed by atoms with Gasteiger partial charge in [-0.05, 0) is 12.8 Å². The van der Waals surface area contributed by atoms with Crippen LogP contribution in [0.5, 0.6) is 0 Å². The lowest BCUT2D eigenvalue weighted by Crippen LogP contribution is -2.56. The molecule has 0 aromatic heterocycles. The van der Waals surface area contributed by atoms with Crippen molar-refractivity contribution in [2.75, 3.05) is 52.5 Å². The quantitative estimate of drug-likeness (QED) is 0.730. The van der Waals surface area contributed by atoms with E-state index >= 15 is 0 Å². The minimum atomic E-state index is 0.105. The van der Waals surface area contributed by atoms with Gasteiger partial charge in [-0.1, -0.05) is 19.3 Å². The van der Waals surface area contributed by atoms with Crippen molar-refractivity contribution in [2.45, 2.75) is 32.1 Å². The normalized spacial score (nSPS) is 24.5. The first kappa shape index (κ1) is 15.6. The summed E-state index contributed by atoms with van der Waals surface area (Å²) in [4.78, 5) is 30.7. The van der Waals surface area contributed by atoms with E-state index in [4.69, 9.17) is 4.74 Å². The van der Waals surface area contributed by atoms with Gasteiger partial charge in [0.1, 0.15) is 0 Å². The lowest BCUT2D eigenvalue weighted by Gasteiger charge is -2.39. The number of amides is 3. The summed E-state index contributed by atoms with van der Waals surface area (Å²) in [5, 5.41) is 0. The Morgan fingerprint density at radius 1 is 0.727 bits per heavy atom. The molecule has 3 aliphatic rings. The fraction of sp³-hybridized carbons (Fsp3) is 0.875. The van der Waals surface area contributed by atoms with Crippen LogP contribution >= 0.6 is 0 Å². The molecule has 22 heavy (non-hydrogen) atoms. The molecule has 0 aromatic carbocycles. The number of ether oxygens (including phenoxy) is 1. The van der Waals surface area contributed by atoms with Crippen LogP contribution in [0.3, 0.4) is 0 Å². The maximum atomic E-state index is 12.5. The molecule has 3 amide bonds. The Morgan fingerprint density at radius 2 is 1.27 bits per heavy atom. The van der Waals surface area contributed by atoms with Gasteiger partial charge >= 0.3 is 6.03 Å². The van der Waals surface area contributed by atoms with Crippen molar-refractivity contribution < 1.29 is 14.3 Å². The number of rotatable bonds is 1. The molecule has 3 fully saturated rings. The number of morpholine rings is 1. The third-order valence-corrected chi connectivity index (χ3v) is 5.10. The first-order chi connectivity index (χ1) is 10.8. The second-order valence-corrected chi connectivity index (χ2v) is 6.53. The zero-order valence-electron chi connectivity index (χ0n) is 13.3. The predicted molar refractivity (Wildman–Crippen MR) is 82.5 cm³/mol. The molecule has 2 heterocycles. The van der Waals surface area contributed by atoms with Gasteiger partial charge in [0.2, 0.25) is 5.91 Å². The van der Waals surface area contributed by atoms with Gasteiger partial charge in [0.25, 0.3) is 0 Å². The molecular weight excluding hydrogens is 282 g/mol. The van der Waals surface area contributed by atoms with Gasteiger partial charge in [-0.2, -0.15) is 0 Å². The average Bonchev–Trinajstić information content (AvgIpc) is 2.62. The average molecular weight is 309 g/mol. The molecule has 2 saturated heterocycles. The van der Waals surface area contributed by atoms with Crippen LogP contribution in [0, 0.1) is 5.92 Å².